The molecule has 0 aromatic heterocycles. The van der Waals surface area contributed by atoms with Crippen molar-refractivity contribution in [3.8, 4) is 0 Å². The number of aliphatic hydroxyl groups is 1. The van der Waals surface area contributed by atoms with Crippen molar-refractivity contribution in [2.45, 2.75) is 59.9 Å². The lowest BCUT2D eigenvalue weighted by Gasteiger charge is -2.38. The molecule has 8 nitrogen and oxygen atoms in total. The van der Waals surface area contributed by atoms with Gasteiger partial charge in [-0.15, -0.1) is 0 Å². The van der Waals surface area contributed by atoms with E-state index in [0.29, 0.717) is 25.9 Å². The van der Waals surface area contributed by atoms with Gasteiger partial charge in [-0.3, -0.25) is 19.4 Å². The zero-order valence-electron chi connectivity index (χ0n) is 25.2. The van der Waals surface area contributed by atoms with Crippen LogP contribution in [0.2, 0.25) is 0 Å². The quantitative estimate of drug-likeness (QED) is 0.422. The highest BCUT2D eigenvalue weighted by molar-refractivity contribution is 6.46. The van der Waals surface area contributed by atoms with Crippen LogP contribution in [0.4, 0.5) is 4.39 Å². The number of hydrogen-bond donors (Lipinski definition) is 3. The molecule has 1 heterocycles. The highest BCUT2D eigenvalue weighted by Crippen LogP contribution is 2.25. The van der Waals surface area contributed by atoms with E-state index in [4.69, 9.17) is 5.11 Å². The van der Waals surface area contributed by atoms with Crippen molar-refractivity contribution in [2.75, 3.05) is 33.3 Å². The topological polar surface area (TPSA) is 111 Å². The maximum absolute atomic E-state index is 13.5. The minimum Gasteiger partial charge on any atom is -0.395 e. The van der Waals surface area contributed by atoms with Crippen molar-refractivity contribution in [2.24, 2.45) is 16.3 Å². The molecule has 2 aromatic rings. The van der Waals surface area contributed by atoms with Crippen molar-refractivity contribution in [1.82, 2.24) is 15.5 Å². The number of carbonyl (C=O) groups is 3. The van der Waals surface area contributed by atoms with Crippen LogP contribution in [0.5, 0.6) is 0 Å². The number of benzene rings is 2. The number of likely N-dealkylation sites (tertiary alicyclic amines) is 1. The molecule has 3 rings (SSSR count). The van der Waals surface area contributed by atoms with Crippen molar-refractivity contribution < 1.29 is 23.9 Å². The van der Waals surface area contributed by atoms with E-state index in [1.165, 1.54) is 17.7 Å². The molecule has 1 aliphatic heterocycles. The average molecular weight is 569 g/mol. The van der Waals surface area contributed by atoms with E-state index in [1.807, 2.05) is 58.9 Å². The number of amides is 3. The van der Waals surface area contributed by atoms with Gasteiger partial charge in [0, 0.05) is 32.2 Å². The molecule has 9 heteroatoms. The number of aliphatic imine (C=N–C) groups is 1. The Morgan fingerprint density at radius 2 is 1.78 bits per heavy atom. The molecule has 2 unspecified atom stereocenters. The summed E-state index contributed by atoms with van der Waals surface area (Å²) in [4.78, 5) is 44.8. The van der Waals surface area contributed by atoms with E-state index in [9.17, 15) is 18.8 Å². The van der Waals surface area contributed by atoms with Gasteiger partial charge in [0.25, 0.3) is 5.91 Å². The van der Waals surface area contributed by atoms with Crippen molar-refractivity contribution in [3.05, 3.63) is 71.0 Å². The number of nitrogens with one attached hydrogen (secondary N) is 2. The maximum atomic E-state index is 13.5. The second-order valence-electron chi connectivity index (χ2n) is 11.3. The third-order valence-corrected chi connectivity index (χ3v) is 7.06. The van der Waals surface area contributed by atoms with Crippen LogP contribution in [0, 0.1) is 24.1 Å². The number of aliphatic hydroxyl groups excluding tert-OH is 1. The maximum Gasteiger partial charge on any atom is 0.270 e. The fraction of sp³-hybridized carbons (Fsp3) is 0.500. The Morgan fingerprint density at radius 3 is 2.34 bits per heavy atom. The van der Waals surface area contributed by atoms with Crippen LogP contribution >= 0.6 is 0 Å². The molecule has 1 saturated heterocycles. The summed E-state index contributed by atoms with van der Waals surface area (Å²) >= 11 is 0. The summed E-state index contributed by atoms with van der Waals surface area (Å²) in [5.74, 6) is -1.24. The Hall–Kier alpha value is -3.59. The Morgan fingerprint density at radius 1 is 1.12 bits per heavy atom. The second kappa shape index (κ2) is 16.0. The van der Waals surface area contributed by atoms with E-state index < -0.39 is 17.4 Å². The van der Waals surface area contributed by atoms with E-state index in [1.54, 1.807) is 24.1 Å². The van der Waals surface area contributed by atoms with Gasteiger partial charge < -0.3 is 20.6 Å². The van der Waals surface area contributed by atoms with E-state index in [2.05, 4.69) is 15.6 Å². The molecule has 41 heavy (non-hydrogen) atoms. The molecular formula is C32H45FN4O4. The lowest BCUT2D eigenvalue weighted by molar-refractivity contribution is -0.141. The molecule has 0 spiro atoms. The first-order valence-corrected chi connectivity index (χ1v) is 14.2. The van der Waals surface area contributed by atoms with Crippen molar-refractivity contribution in [1.29, 1.82) is 0 Å². The second-order valence-corrected chi connectivity index (χ2v) is 11.3. The Bertz CT molecular complexity index is 1190. The van der Waals surface area contributed by atoms with E-state index in [-0.39, 0.29) is 42.4 Å². The molecule has 3 N–H and O–H groups in total. The highest BCUT2D eigenvalue weighted by atomic mass is 19.1. The van der Waals surface area contributed by atoms with Crippen molar-refractivity contribution in [3.63, 3.8) is 0 Å². The minimum absolute atomic E-state index is 0.124. The van der Waals surface area contributed by atoms with Crippen LogP contribution in [0.1, 0.15) is 57.2 Å². The van der Waals surface area contributed by atoms with Gasteiger partial charge in [0.05, 0.1) is 12.5 Å². The molecule has 3 amide bonds. The Balaban J connectivity index is 0.000000553. The Labute approximate surface area is 243 Å². The van der Waals surface area contributed by atoms with Crippen LogP contribution < -0.4 is 10.6 Å². The highest BCUT2D eigenvalue weighted by Gasteiger charge is 2.39. The number of nitrogens with zero attached hydrogens (tertiary/aromatic N) is 2. The van der Waals surface area contributed by atoms with Crippen LogP contribution in [-0.2, 0) is 20.8 Å². The summed E-state index contributed by atoms with van der Waals surface area (Å²) in [5.41, 5.74) is 2.57. The number of hydrogen-bond acceptors (Lipinski definition) is 5. The zero-order chi connectivity index (χ0) is 30.6. The van der Waals surface area contributed by atoms with E-state index in [0.717, 1.165) is 17.5 Å². The van der Waals surface area contributed by atoms with Crippen LogP contribution in [0.25, 0.3) is 0 Å². The molecule has 1 fully saturated rings. The number of rotatable bonds is 8. The third-order valence-electron chi connectivity index (χ3n) is 7.06. The van der Waals surface area contributed by atoms with Gasteiger partial charge in [0.15, 0.2) is 0 Å². The SMILES string of the molecule is CCc1ccc(F)cc1.CN=C(C(=O)NC(C(=O)N1CCCC(C(=O)NCCO)C1)C(C)(C)C)c1ccccc1C. The van der Waals surface area contributed by atoms with Gasteiger partial charge in [0.2, 0.25) is 11.8 Å². The Kier molecular flexibility index (Phi) is 13.1. The van der Waals surface area contributed by atoms with Crippen LogP contribution in [0.3, 0.4) is 0 Å². The van der Waals surface area contributed by atoms with Gasteiger partial charge in [0.1, 0.15) is 17.6 Å². The van der Waals surface area contributed by atoms with Gasteiger partial charge in [-0.25, -0.2) is 4.39 Å². The first-order valence-electron chi connectivity index (χ1n) is 14.2. The predicted octanol–water partition coefficient (Wildman–Crippen LogP) is 3.68. The summed E-state index contributed by atoms with van der Waals surface area (Å²) in [7, 11) is 1.56. The third kappa shape index (κ3) is 10.1. The molecule has 1 aliphatic rings. The molecule has 2 aromatic carbocycles. The number of carbonyl (C=O) groups excluding carboxylic acids is 3. The average Bonchev–Trinajstić information content (AvgIpc) is 2.96. The summed E-state index contributed by atoms with van der Waals surface area (Å²) in [6.07, 6.45) is 2.37. The van der Waals surface area contributed by atoms with Gasteiger partial charge in [-0.2, -0.15) is 0 Å². The lowest BCUT2D eigenvalue weighted by Crippen LogP contribution is -2.58. The normalized spacial score (nSPS) is 16.2. The molecular weight excluding hydrogens is 523 g/mol. The van der Waals surface area contributed by atoms with E-state index >= 15 is 0 Å². The molecule has 0 saturated carbocycles. The predicted molar refractivity (Wildman–Crippen MR) is 160 cm³/mol. The molecule has 0 aliphatic carbocycles. The van der Waals surface area contributed by atoms with Crippen LogP contribution in [0.15, 0.2) is 53.5 Å². The van der Waals surface area contributed by atoms with Gasteiger partial charge in [-0.1, -0.05) is 64.1 Å². The summed E-state index contributed by atoms with van der Waals surface area (Å²) in [5, 5.41) is 14.5. The van der Waals surface area contributed by atoms with Crippen LogP contribution in [-0.4, -0.2) is 72.8 Å². The fourth-order valence-electron chi connectivity index (χ4n) is 4.65. The summed E-state index contributed by atoms with van der Waals surface area (Å²) in [6, 6.07) is 13.3. The minimum atomic E-state index is -0.768. The first-order chi connectivity index (χ1) is 19.4. The number of halogens is 1. The molecule has 0 bridgehead atoms. The monoisotopic (exact) mass is 568 g/mol. The standard InChI is InChI=1S/C24H36N4O4.C8H9F/c1-16-9-6-7-11-18(16)19(25-5)22(31)27-20(24(2,3)4)23(32)28-13-8-10-17(15-28)21(30)26-12-14-29;1-2-7-3-5-8(9)6-4-7/h6-7,9,11,17,20,29H,8,10,12-15H2,1-5H3,(H,26,30)(H,27,31);3-6H,2H2,1H3. The smallest absolute Gasteiger partial charge is 0.270 e. The number of aryl methyl sites for hydroxylation is 2. The largest absolute Gasteiger partial charge is 0.395 e. The number of piperidine rings is 1. The first kappa shape index (κ1) is 33.6. The zero-order valence-corrected chi connectivity index (χ0v) is 25.2. The summed E-state index contributed by atoms with van der Waals surface area (Å²) in [6.45, 7) is 10.6. The van der Waals surface area contributed by atoms with Gasteiger partial charge in [-0.05, 0) is 54.9 Å². The molecule has 224 valence electrons. The molecule has 0 radical (unpaired) electrons. The molecule has 2 atom stereocenters. The lowest BCUT2D eigenvalue weighted by atomic mass is 9.84. The van der Waals surface area contributed by atoms with Crippen molar-refractivity contribution >= 4 is 23.4 Å². The van der Waals surface area contributed by atoms with Gasteiger partial charge >= 0.3 is 0 Å². The fourth-order valence-corrected chi connectivity index (χ4v) is 4.65. The summed E-state index contributed by atoms with van der Waals surface area (Å²) < 4.78 is 12.2.